The van der Waals surface area contributed by atoms with Gasteiger partial charge in [0.15, 0.2) is 11.5 Å². The van der Waals surface area contributed by atoms with E-state index < -0.39 is 0 Å². The van der Waals surface area contributed by atoms with Crippen LogP contribution in [0.15, 0.2) is 42.7 Å². The highest BCUT2D eigenvalue weighted by Gasteiger charge is 2.21. The molecule has 0 unspecified atom stereocenters. The molecular weight excluding hydrogens is 403 g/mol. The standard InChI is InChI=1S/C22H25FN4O4/c23-16-1-3-17(4-2-16)26-5-7-27(8-6-26)22-18-13-20(29)21(14-19(18)24-15-25-22)31-12-11-30-10-9-28/h1-4,13-15,28-29H,5-12H2. The molecule has 0 atom stereocenters. The molecular formula is C22H25FN4O4. The summed E-state index contributed by atoms with van der Waals surface area (Å²) in [6.45, 7) is 3.80. The number of fused-ring (bicyclic) bond motifs is 1. The third-order valence-electron chi connectivity index (χ3n) is 5.19. The van der Waals surface area contributed by atoms with Gasteiger partial charge in [0.05, 0.1) is 25.3 Å². The zero-order chi connectivity index (χ0) is 21.6. The molecule has 4 rings (SSSR count). The van der Waals surface area contributed by atoms with Gasteiger partial charge in [-0.3, -0.25) is 0 Å². The molecule has 0 spiro atoms. The van der Waals surface area contributed by atoms with Crippen LogP contribution in [0.25, 0.3) is 10.9 Å². The second-order valence-corrected chi connectivity index (χ2v) is 7.17. The number of nitrogens with zero attached hydrogens (tertiary/aromatic N) is 4. The van der Waals surface area contributed by atoms with Crippen molar-refractivity contribution in [3.63, 3.8) is 0 Å². The number of phenols is 1. The van der Waals surface area contributed by atoms with E-state index in [1.165, 1.54) is 18.5 Å². The van der Waals surface area contributed by atoms with Crippen molar-refractivity contribution in [2.24, 2.45) is 0 Å². The molecule has 0 amide bonds. The van der Waals surface area contributed by atoms with Gasteiger partial charge in [-0.15, -0.1) is 0 Å². The first-order valence-electron chi connectivity index (χ1n) is 10.2. The Hall–Kier alpha value is -3.17. The van der Waals surface area contributed by atoms with Crippen LogP contribution in [0, 0.1) is 5.82 Å². The molecule has 2 N–H and O–H groups in total. The molecule has 2 aromatic carbocycles. The van der Waals surface area contributed by atoms with Gasteiger partial charge in [0, 0.05) is 43.3 Å². The third-order valence-corrected chi connectivity index (χ3v) is 5.19. The monoisotopic (exact) mass is 428 g/mol. The Kier molecular flexibility index (Phi) is 6.63. The van der Waals surface area contributed by atoms with Crippen LogP contribution in [0.3, 0.4) is 0 Å². The quantitative estimate of drug-likeness (QED) is 0.528. The fraction of sp³-hybridized carbons (Fsp3) is 0.364. The van der Waals surface area contributed by atoms with Crippen molar-refractivity contribution in [3.05, 3.63) is 48.5 Å². The Labute approximate surface area is 179 Å². The van der Waals surface area contributed by atoms with Crippen molar-refractivity contribution in [1.82, 2.24) is 9.97 Å². The van der Waals surface area contributed by atoms with Gasteiger partial charge >= 0.3 is 0 Å². The van der Waals surface area contributed by atoms with Gasteiger partial charge < -0.3 is 29.5 Å². The number of aromatic nitrogens is 2. The van der Waals surface area contributed by atoms with E-state index in [0.29, 0.717) is 17.9 Å². The molecule has 2 heterocycles. The molecule has 31 heavy (non-hydrogen) atoms. The fourth-order valence-electron chi connectivity index (χ4n) is 3.63. The predicted octanol–water partition coefficient (Wildman–Crippen LogP) is 2.19. The third kappa shape index (κ3) is 4.95. The lowest BCUT2D eigenvalue weighted by atomic mass is 10.1. The van der Waals surface area contributed by atoms with E-state index in [4.69, 9.17) is 14.6 Å². The Bertz CT molecular complexity index is 1010. The molecule has 0 radical (unpaired) electrons. The highest BCUT2D eigenvalue weighted by Crippen LogP contribution is 2.34. The van der Waals surface area contributed by atoms with E-state index in [-0.39, 0.29) is 31.4 Å². The number of ether oxygens (including phenoxy) is 2. The predicted molar refractivity (Wildman–Crippen MR) is 115 cm³/mol. The minimum Gasteiger partial charge on any atom is -0.504 e. The minimum absolute atomic E-state index is 0.00987. The Morgan fingerprint density at radius 1 is 0.935 bits per heavy atom. The number of phenolic OH excluding ortho intramolecular Hbond substituents is 1. The van der Waals surface area contributed by atoms with Crippen LogP contribution in [-0.2, 0) is 4.74 Å². The summed E-state index contributed by atoms with van der Waals surface area (Å²) >= 11 is 0. The largest absolute Gasteiger partial charge is 0.504 e. The summed E-state index contributed by atoms with van der Waals surface area (Å²) in [6, 6.07) is 9.85. The van der Waals surface area contributed by atoms with Crippen molar-refractivity contribution >= 4 is 22.4 Å². The second kappa shape index (κ2) is 9.76. The SMILES string of the molecule is OCCOCCOc1cc2ncnc(N3CCN(c4ccc(F)cc4)CC3)c2cc1O. The summed E-state index contributed by atoms with van der Waals surface area (Å²) in [6.07, 6.45) is 1.51. The van der Waals surface area contributed by atoms with Gasteiger partial charge in [-0.25, -0.2) is 14.4 Å². The van der Waals surface area contributed by atoms with Gasteiger partial charge in [-0.1, -0.05) is 0 Å². The van der Waals surface area contributed by atoms with Gasteiger partial charge in [0.1, 0.15) is 24.6 Å². The summed E-state index contributed by atoms with van der Waals surface area (Å²) in [7, 11) is 0. The summed E-state index contributed by atoms with van der Waals surface area (Å²) in [5.41, 5.74) is 1.67. The van der Waals surface area contributed by atoms with Crippen molar-refractivity contribution in [2.75, 3.05) is 62.4 Å². The number of halogens is 1. The molecule has 1 aliphatic rings. The van der Waals surface area contributed by atoms with Crippen LogP contribution in [-0.4, -0.2) is 72.8 Å². The number of rotatable bonds is 8. The Morgan fingerprint density at radius 3 is 2.42 bits per heavy atom. The van der Waals surface area contributed by atoms with Crippen LogP contribution in [0.4, 0.5) is 15.9 Å². The minimum atomic E-state index is -0.240. The molecule has 9 heteroatoms. The van der Waals surface area contributed by atoms with Crippen LogP contribution in [0.2, 0.25) is 0 Å². The van der Waals surface area contributed by atoms with Crippen molar-refractivity contribution in [3.8, 4) is 11.5 Å². The Morgan fingerprint density at radius 2 is 1.68 bits per heavy atom. The first-order valence-corrected chi connectivity index (χ1v) is 10.2. The van der Waals surface area contributed by atoms with Crippen LogP contribution < -0.4 is 14.5 Å². The van der Waals surface area contributed by atoms with E-state index in [0.717, 1.165) is 43.1 Å². The fourth-order valence-corrected chi connectivity index (χ4v) is 3.63. The molecule has 1 aromatic heterocycles. The lowest BCUT2D eigenvalue weighted by Crippen LogP contribution is -2.46. The summed E-state index contributed by atoms with van der Waals surface area (Å²) in [5.74, 6) is 0.856. The number of anilines is 2. The number of aliphatic hydroxyl groups is 1. The summed E-state index contributed by atoms with van der Waals surface area (Å²) in [5, 5.41) is 19.9. The number of benzene rings is 2. The zero-order valence-corrected chi connectivity index (χ0v) is 17.1. The maximum absolute atomic E-state index is 13.2. The molecule has 3 aromatic rings. The number of hydrogen-bond acceptors (Lipinski definition) is 8. The lowest BCUT2D eigenvalue weighted by Gasteiger charge is -2.37. The number of aromatic hydroxyl groups is 1. The molecule has 164 valence electrons. The smallest absolute Gasteiger partial charge is 0.163 e. The molecule has 1 saturated heterocycles. The van der Waals surface area contributed by atoms with Crippen molar-refractivity contribution < 1.29 is 24.1 Å². The maximum atomic E-state index is 13.2. The molecule has 1 aliphatic heterocycles. The van der Waals surface area contributed by atoms with Gasteiger partial charge in [-0.2, -0.15) is 0 Å². The molecule has 0 bridgehead atoms. The van der Waals surface area contributed by atoms with E-state index in [9.17, 15) is 9.50 Å². The maximum Gasteiger partial charge on any atom is 0.163 e. The van der Waals surface area contributed by atoms with Gasteiger partial charge in [-0.05, 0) is 30.3 Å². The van der Waals surface area contributed by atoms with E-state index in [2.05, 4.69) is 19.8 Å². The van der Waals surface area contributed by atoms with Gasteiger partial charge in [0.2, 0.25) is 0 Å². The number of aliphatic hydroxyl groups excluding tert-OH is 1. The highest BCUT2D eigenvalue weighted by atomic mass is 19.1. The van der Waals surface area contributed by atoms with Crippen molar-refractivity contribution in [2.45, 2.75) is 0 Å². The molecule has 1 fully saturated rings. The average molecular weight is 428 g/mol. The van der Waals surface area contributed by atoms with Crippen LogP contribution in [0.1, 0.15) is 0 Å². The summed E-state index contributed by atoms with van der Waals surface area (Å²) < 4.78 is 23.9. The van der Waals surface area contributed by atoms with Gasteiger partial charge in [0.25, 0.3) is 0 Å². The first kappa shape index (κ1) is 21.1. The molecule has 0 aliphatic carbocycles. The second-order valence-electron chi connectivity index (χ2n) is 7.17. The molecule has 0 saturated carbocycles. The molecule has 8 nitrogen and oxygen atoms in total. The zero-order valence-electron chi connectivity index (χ0n) is 17.1. The van der Waals surface area contributed by atoms with E-state index >= 15 is 0 Å². The Balaban J connectivity index is 1.46. The van der Waals surface area contributed by atoms with Crippen LogP contribution >= 0.6 is 0 Å². The number of hydrogen-bond donors (Lipinski definition) is 2. The lowest BCUT2D eigenvalue weighted by molar-refractivity contribution is 0.0699. The van der Waals surface area contributed by atoms with E-state index in [1.54, 1.807) is 24.3 Å². The average Bonchev–Trinajstić information content (AvgIpc) is 2.79. The first-order chi connectivity index (χ1) is 15.2. The van der Waals surface area contributed by atoms with Crippen molar-refractivity contribution in [1.29, 1.82) is 0 Å². The van der Waals surface area contributed by atoms with E-state index in [1.807, 2.05) is 0 Å². The highest BCUT2D eigenvalue weighted by molar-refractivity contribution is 5.92. The number of piperazine rings is 1. The van der Waals surface area contributed by atoms with Crippen LogP contribution in [0.5, 0.6) is 11.5 Å². The summed E-state index contributed by atoms with van der Waals surface area (Å²) in [4.78, 5) is 13.2. The topological polar surface area (TPSA) is 91.2 Å². The normalized spacial score (nSPS) is 14.3.